The molecule has 0 aliphatic rings. The molecule has 0 spiro atoms. The number of rotatable bonds is 6. The second-order valence-corrected chi connectivity index (χ2v) is 5.04. The molecule has 1 N–H and O–H groups in total. The predicted molar refractivity (Wildman–Crippen MR) is 79.6 cm³/mol. The molecule has 0 saturated heterocycles. The van der Waals surface area contributed by atoms with Crippen LogP contribution in [0.25, 0.3) is 10.9 Å². The molecule has 102 valence electrons. The van der Waals surface area contributed by atoms with Gasteiger partial charge in [-0.2, -0.15) is 0 Å². The summed E-state index contributed by atoms with van der Waals surface area (Å²) in [5.74, 6) is 0.919. The van der Waals surface area contributed by atoms with E-state index in [0.29, 0.717) is 6.04 Å². The molecule has 1 unspecified atom stereocenters. The molecule has 0 bridgehead atoms. The lowest BCUT2D eigenvalue weighted by atomic mass is 10.2. The van der Waals surface area contributed by atoms with Crippen LogP contribution in [0.3, 0.4) is 0 Å². The maximum Gasteiger partial charge on any atom is 0.129 e. The zero-order valence-corrected chi connectivity index (χ0v) is 11.9. The van der Waals surface area contributed by atoms with E-state index < -0.39 is 0 Å². The van der Waals surface area contributed by atoms with Gasteiger partial charge < -0.3 is 10.1 Å². The zero-order chi connectivity index (χ0) is 13.7. The monoisotopic (exact) mass is 258 g/mol. The van der Waals surface area contributed by atoms with Crippen LogP contribution in [0.4, 0.5) is 0 Å². The van der Waals surface area contributed by atoms with Crippen LogP contribution >= 0.6 is 0 Å². The number of nitrogens with one attached hydrogen (secondary N) is 1. The van der Waals surface area contributed by atoms with Crippen molar-refractivity contribution in [2.45, 2.75) is 39.3 Å². The fourth-order valence-corrected chi connectivity index (χ4v) is 1.99. The Labute approximate surface area is 115 Å². The average Bonchev–Trinajstić information content (AvgIpc) is 2.43. The van der Waals surface area contributed by atoms with Crippen LogP contribution in [0.5, 0.6) is 5.75 Å². The third-order valence-electron chi connectivity index (χ3n) is 3.11. The fourth-order valence-electron chi connectivity index (χ4n) is 1.99. The molecule has 2 rings (SSSR count). The summed E-state index contributed by atoms with van der Waals surface area (Å²) in [6.45, 7) is 7.31. The fraction of sp³-hybridized carbons (Fsp3) is 0.438. The molecule has 0 saturated carbocycles. The number of fused-ring (bicyclic) bond motifs is 1. The van der Waals surface area contributed by atoms with E-state index in [1.54, 1.807) is 0 Å². The third kappa shape index (κ3) is 3.67. The van der Waals surface area contributed by atoms with Gasteiger partial charge in [-0.05, 0) is 30.7 Å². The molecule has 1 heterocycles. The molecule has 1 aromatic carbocycles. The molecule has 0 fully saturated rings. The topological polar surface area (TPSA) is 34.1 Å². The molecule has 1 aromatic heterocycles. The molecule has 1 atom stereocenters. The number of aromatic nitrogens is 1. The first kappa shape index (κ1) is 13.8. The third-order valence-corrected chi connectivity index (χ3v) is 3.11. The Hall–Kier alpha value is -1.61. The van der Waals surface area contributed by atoms with Crippen LogP contribution in [0, 0.1) is 0 Å². The second-order valence-electron chi connectivity index (χ2n) is 5.04. The van der Waals surface area contributed by atoms with Crippen LogP contribution in [-0.2, 0) is 0 Å². The van der Waals surface area contributed by atoms with Crippen LogP contribution in [0.15, 0.2) is 36.5 Å². The molecular formula is C16H22N2O. The van der Waals surface area contributed by atoms with Crippen molar-refractivity contribution >= 4 is 10.9 Å². The summed E-state index contributed by atoms with van der Waals surface area (Å²) in [5.41, 5.74) is 0.978. The number of benzene rings is 1. The number of ether oxygens (including phenoxy) is 1. The summed E-state index contributed by atoms with van der Waals surface area (Å²) >= 11 is 0. The Bertz CT molecular complexity index is 520. The van der Waals surface area contributed by atoms with E-state index in [1.807, 2.05) is 30.5 Å². The minimum absolute atomic E-state index is 0.188. The standard InChI is InChI=1S/C16H22N2O/c1-4-13(11-18-12(2)3)19-16-9-5-8-15-14(16)7-6-10-17-15/h5-10,12-13,18H,4,11H2,1-3H3. The second kappa shape index (κ2) is 6.53. The summed E-state index contributed by atoms with van der Waals surface area (Å²) in [7, 11) is 0. The summed E-state index contributed by atoms with van der Waals surface area (Å²) in [6.07, 6.45) is 2.98. The quantitative estimate of drug-likeness (QED) is 0.862. The summed E-state index contributed by atoms with van der Waals surface area (Å²) in [4.78, 5) is 4.35. The van der Waals surface area contributed by atoms with Crippen molar-refractivity contribution in [3.8, 4) is 5.75 Å². The van der Waals surface area contributed by atoms with Crippen molar-refractivity contribution < 1.29 is 4.74 Å². The zero-order valence-electron chi connectivity index (χ0n) is 11.9. The molecule has 19 heavy (non-hydrogen) atoms. The molecule has 3 heteroatoms. The van der Waals surface area contributed by atoms with Crippen molar-refractivity contribution in [1.29, 1.82) is 0 Å². The number of nitrogens with zero attached hydrogens (tertiary/aromatic N) is 1. The highest BCUT2D eigenvalue weighted by molar-refractivity contribution is 5.84. The number of pyridine rings is 1. The lowest BCUT2D eigenvalue weighted by Gasteiger charge is -2.20. The normalized spacial score (nSPS) is 12.8. The predicted octanol–water partition coefficient (Wildman–Crippen LogP) is 3.39. The first-order valence-corrected chi connectivity index (χ1v) is 6.94. The Morgan fingerprint density at radius 3 is 2.79 bits per heavy atom. The van der Waals surface area contributed by atoms with Crippen molar-refractivity contribution in [3.63, 3.8) is 0 Å². The molecule has 0 aliphatic carbocycles. The summed E-state index contributed by atoms with van der Waals surface area (Å²) < 4.78 is 6.12. The molecule has 0 amide bonds. The van der Waals surface area contributed by atoms with Gasteiger partial charge in [0.15, 0.2) is 0 Å². The van der Waals surface area contributed by atoms with Gasteiger partial charge in [0.1, 0.15) is 11.9 Å². The molecular weight excluding hydrogens is 236 g/mol. The molecule has 0 radical (unpaired) electrons. The van der Waals surface area contributed by atoms with Crippen molar-refractivity contribution in [2.24, 2.45) is 0 Å². The van der Waals surface area contributed by atoms with Crippen LogP contribution in [0.1, 0.15) is 27.2 Å². The Balaban J connectivity index is 2.15. The maximum atomic E-state index is 6.12. The lowest BCUT2D eigenvalue weighted by molar-refractivity contribution is 0.192. The van der Waals surface area contributed by atoms with Gasteiger partial charge in [-0.1, -0.05) is 26.8 Å². The SMILES string of the molecule is CCC(CNC(C)C)Oc1cccc2ncccc12. The van der Waals surface area contributed by atoms with E-state index in [1.165, 1.54) is 0 Å². The highest BCUT2D eigenvalue weighted by atomic mass is 16.5. The van der Waals surface area contributed by atoms with Gasteiger partial charge in [-0.25, -0.2) is 0 Å². The van der Waals surface area contributed by atoms with Gasteiger partial charge in [-0.15, -0.1) is 0 Å². The van der Waals surface area contributed by atoms with E-state index in [2.05, 4.69) is 37.1 Å². The van der Waals surface area contributed by atoms with Crippen molar-refractivity contribution in [1.82, 2.24) is 10.3 Å². The van der Waals surface area contributed by atoms with Crippen LogP contribution in [-0.4, -0.2) is 23.7 Å². The molecule has 0 aliphatic heterocycles. The van der Waals surface area contributed by atoms with Gasteiger partial charge in [-0.3, -0.25) is 4.98 Å². The summed E-state index contributed by atoms with van der Waals surface area (Å²) in [6, 6.07) is 10.5. The Morgan fingerprint density at radius 1 is 1.21 bits per heavy atom. The van der Waals surface area contributed by atoms with E-state index >= 15 is 0 Å². The first-order valence-electron chi connectivity index (χ1n) is 6.94. The Kier molecular flexibility index (Phi) is 4.74. The van der Waals surface area contributed by atoms with Crippen molar-refractivity contribution in [2.75, 3.05) is 6.54 Å². The van der Waals surface area contributed by atoms with Crippen LogP contribution in [0.2, 0.25) is 0 Å². The minimum Gasteiger partial charge on any atom is -0.488 e. The number of hydrogen-bond acceptors (Lipinski definition) is 3. The highest BCUT2D eigenvalue weighted by Crippen LogP contribution is 2.25. The van der Waals surface area contributed by atoms with Gasteiger partial charge in [0.2, 0.25) is 0 Å². The largest absolute Gasteiger partial charge is 0.488 e. The van der Waals surface area contributed by atoms with E-state index in [0.717, 1.165) is 29.6 Å². The van der Waals surface area contributed by atoms with Gasteiger partial charge in [0.25, 0.3) is 0 Å². The molecule has 3 nitrogen and oxygen atoms in total. The first-order chi connectivity index (χ1) is 9.20. The van der Waals surface area contributed by atoms with Gasteiger partial charge in [0, 0.05) is 24.2 Å². The minimum atomic E-state index is 0.188. The van der Waals surface area contributed by atoms with Crippen molar-refractivity contribution in [3.05, 3.63) is 36.5 Å². The molecule has 2 aromatic rings. The smallest absolute Gasteiger partial charge is 0.129 e. The average molecular weight is 258 g/mol. The van der Waals surface area contributed by atoms with E-state index in [9.17, 15) is 0 Å². The number of hydrogen-bond donors (Lipinski definition) is 1. The van der Waals surface area contributed by atoms with Crippen LogP contribution < -0.4 is 10.1 Å². The van der Waals surface area contributed by atoms with Gasteiger partial charge in [0.05, 0.1) is 5.52 Å². The maximum absolute atomic E-state index is 6.12. The van der Waals surface area contributed by atoms with E-state index in [4.69, 9.17) is 4.74 Å². The Morgan fingerprint density at radius 2 is 2.05 bits per heavy atom. The summed E-state index contributed by atoms with van der Waals surface area (Å²) in [5, 5.41) is 4.50. The van der Waals surface area contributed by atoms with E-state index in [-0.39, 0.29) is 6.10 Å². The highest BCUT2D eigenvalue weighted by Gasteiger charge is 2.10. The van der Waals surface area contributed by atoms with Gasteiger partial charge >= 0.3 is 0 Å². The lowest BCUT2D eigenvalue weighted by Crippen LogP contribution is -2.34.